The molecule has 0 spiro atoms. The number of hydrogen-bond donors (Lipinski definition) is 4. The predicted octanol–water partition coefficient (Wildman–Crippen LogP) is 8.39. The number of thioether (sulfide) groups is 1. The lowest BCUT2D eigenvalue weighted by Crippen LogP contribution is -2.66. The van der Waals surface area contributed by atoms with Crippen LogP contribution in [-0.2, 0) is 56.9 Å². The number of sulfone groups is 1. The number of nitrogens with one attached hydrogen (secondary N) is 4. The zero-order chi connectivity index (χ0) is 73.1. The van der Waals surface area contributed by atoms with E-state index < -0.39 is 94.3 Å². The van der Waals surface area contributed by atoms with E-state index >= 15 is 0 Å². The molecule has 0 radical (unpaired) electrons. The number of allylic oxidation sites excluding steroid dienone is 1. The Labute approximate surface area is 599 Å². The number of ether oxygens (including phenoxy) is 2. The molecule has 32 heteroatoms. The van der Waals surface area contributed by atoms with Gasteiger partial charge in [-0.15, -0.1) is 16.9 Å². The molecule has 3 saturated carbocycles. The Morgan fingerprint density at radius 2 is 1.51 bits per heavy atom. The second-order valence-corrected chi connectivity index (χ2v) is 33.3. The first kappa shape index (κ1) is 74.8. The van der Waals surface area contributed by atoms with Gasteiger partial charge < -0.3 is 29.9 Å². The smallest absolute Gasteiger partial charge is 0.382 e. The molecule has 2 atom stereocenters. The molecule has 4 N–H and O–H groups in total. The van der Waals surface area contributed by atoms with Crippen molar-refractivity contribution >= 4 is 84.1 Å². The number of benzene rings is 4. The monoisotopic (exact) mass is 1490 g/mol. The molecule has 6 amide bonds. The number of nitrogens with zero attached hydrogens (tertiary/aromatic N) is 8. The number of aryl methyl sites for hydroxylation is 1. The predicted molar refractivity (Wildman–Crippen MR) is 372 cm³/mol. The summed E-state index contributed by atoms with van der Waals surface area (Å²) in [6.45, 7) is 11.9. The highest BCUT2D eigenvalue weighted by Gasteiger charge is 2.73. The van der Waals surface area contributed by atoms with Gasteiger partial charge in [-0.05, 0) is 135 Å². The number of sulfonamides is 1. The van der Waals surface area contributed by atoms with E-state index in [2.05, 4.69) is 54.8 Å². The van der Waals surface area contributed by atoms with Gasteiger partial charge in [-0.3, -0.25) is 53.5 Å². The van der Waals surface area contributed by atoms with Crippen molar-refractivity contribution in [2.24, 2.45) is 16.2 Å². The second kappa shape index (κ2) is 31.1. The minimum atomic E-state index is -6.19. The number of carbonyl (C=O) groups excluding carboxylic acids is 6. The molecule has 5 heterocycles. The lowest BCUT2D eigenvalue weighted by atomic mass is 9.32. The fourth-order valence-corrected chi connectivity index (χ4v) is 18.2. The van der Waals surface area contributed by atoms with Crippen LogP contribution in [0.25, 0.3) is 0 Å². The fraction of sp³-hybridized carbons (Fsp3) is 0.521. The summed E-state index contributed by atoms with van der Waals surface area (Å²) in [6, 6.07) is 20.8. The lowest BCUT2D eigenvalue weighted by Gasteiger charge is -2.72. The van der Waals surface area contributed by atoms with Crippen LogP contribution in [0.3, 0.4) is 0 Å². The van der Waals surface area contributed by atoms with E-state index in [9.17, 15) is 67.6 Å². The number of carbonyl (C=O) groups is 6. The van der Waals surface area contributed by atoms with E-state index in [1.807, 2.05) is 35.1 Å². The number of halogens is 5. The van der Waals surface area contributed by atoms with Crippen molar-refractivity contribution in [1.82, 2.24) is 44.6 Å². The molecule has 5 aromatic rings. The van der Waals surface area contributed by atoms with Crippen LogP contribution in [0.15, 0.2) is 123 Å². The number of aromatic nitrogens is 3. The van der Waals surface area contributed by atoms with Crippen LogP contribution >= 0.6 is 11.8 Å². The molecule has 1 unspecified atom stereocenters. The fourth-order valence-electron chi connectivity index (χ4n) is 15.2. The first-order valence-corrected chi connectivity index (χ1v) is 38.7. The third kappa shape index (κ3) is 16.9. The molecule has 3 saturated heterocycles. The van der Waals surface area contributed by atoms with Gasteiger partial charge in [0.1, 0.15) is 16.6 Å². The SMILES string of the molecule is CC1(C)CCC(CN2CCN(c3ccc(C(=O)NS(=O)(=O)c4ccc(N[C@H](CCN5CCN(C(=O)CCCn6cc(COCCOCCNc7cccc8c7C(=O)N(C7CCC(=O)NC7=O)C8=O)nn6)CC5)CSc5ccccc5)c(S(=O)(=O)C(F)(F)F)c4)cc3)CC2)=C(C23CC(C(F)F)(C2)C3)C1. The highest BCUT2D eigenvalue weighted by atomic mass is 32.2. The Bertz CT molecular complexity index is 4240. The van der Waals surface area contributed by atoms with Gasteiger partial charge in [0.2, 0.25) is 24.1 Å². The largest absolute Gasteiger partial charge is 0.501 e. The van der Waals surface area contributed by atoms with Crippen molar-refractivity contribution in [3.8, 4) is 0 Å². The van der Waals surface area contributed by atoms with Gasteiger partial charge in [-0.25, -0.2) is 30.3 Å². The maximum Gasteiger partial charge on any atom is 0.501 e. The van der Waals surface area contributed by atoms with Crippen LogP contribution in [0.5, 0.6) is 0 Å². The summed E-state index contributed by atoms with van der Waals surface area (Å²) in [5.41, 5.74) is -2.24. The highest BCUT2D eigenvalue weighted by molar-refractivity contribution is 7.99. The molecule has 6 fully saturated rings. The number of alkyl halides is 5. The number of hydrogen-bond acceptors (Lipinski definition) is 20. The van der Waals surface area contributed by atoms with Crippen LogP contribution in [0, 0.1) is 16.2 Å². The first-order chi connectivity index (χ1) is 49.1. The van der Waals surface area contributed by atoms with E-state index in [0.29, 0.717) is 108 Å². The van der Waals surface area contributed by atoms with Crippen LogP contribution in [-0.4, -0.2) is 208 Å². The number of fused-ring (bicyclic) bond motifs is 1. The van der Waals surface area contributed by atoms with Gasteiger partial charge in [0, 0.05) is 130 Å². The average Bonchev–Trinajstić information content (AvgIpc) is 1.17. The van der Waals surface area contributed by atoms with E-state index in [1.165, 1.54) is 41.1 Å². The normalized spacial score (nSPS) is 22.0. The number of amides is 6. The minimum absolute atomic E-state index is 0.0173. The number of piperazine rings is 2. The Morgan fingerprint density at radius 3 is 2.22 bits per heavy atom. The molecular formula is C71H85F5N12O12S3. The molecule has 2 bridgehead atoms. The number of rotatable bonds is 31. The quantitative estimate of drug-likeness (QED) is 0.0106. The van der Waals surface area contributed by atoms with E-state index in [-0.39, 0.29) is 84.9 Å². The minimum Gasteiger partial charge on any atom is -0.382 e. The van der Waals surface area contributed by atoms with Crippen molar-refractivity contribution in [3.05, 3.63) is 131 Å². The van der Waals surface area contributed by atoms with E-state index in [0.717, 1.165) is 66.5 Å². The summed E-state index contributed by atoms with van der Waals surface area (Å²) in [5.74, 6) is -3.23. The topological polar surface area (TPSA) is 284 Å². The van der Waals surface area contributed by atoms with Crippen LogP contribution < -0.4 is 25.6 Å². The van der Waals surface area contributed by atoms with Gasteiger partial charge in [-0.1, -0.05) is 54.5 Å². The first-order valence-electron chi connectivity index (χ1n) is 34.8. The van der Waals surface area contributed by atoms with E-state index in [4.69, 9.17) is 9.47 Å². The molecule has 103 heavy (non-hydrogen) atoms. The van der Waals surface area contributed by atoms with Crippen LogP contribution in [0.2, 0.25) is 0 Å². The standard InChI is InChI=1S/C71H85F5N12O12S3/c1-68(2)23-21-48(55(39-68)69-44-70(45-69,46-69)67(72)73)40-84-29-31-85(32-30-84)51-15-13-47(14-16-51)63(91)81-103(97,98)53-17-18-56(59(38-53)102(95,96)71(74,75)76)78-49(43-101-52-8-4-3-5-9-52)22-26-83-27-33-86(34-28-83)61(90)12-7-25-87-41-50(80-82-87)42-100-37-36-99-35-24-77-57-11-6-10-54-62(57)66(94)88(65(54)93)58-19-20-60(89)79-64(58)92/h3-6,8-11,13-18,38,41,49,58,67,77-78H,7,12,19-37,39-40,42-46H2,1-2H3,(H,81,91)(H,79,89,92)/t49-,58?,69?,70?/m1/s1. The Kier molecular flexibility index (Phi) is 22.6. The van der Waals surface area contributed by atoms with Crippen LogP contribution in [0.1, 0.15) is 121 Å². The molecule has 8 aliphatic rings. The molecular weight excluding hydrogens is 1400 g/mol. The van der Waals surface area contributed by atoms with Crippen LogP contribution in [0.4, 0.5) is 39.0 Å². The Morgan fingerprint density at radius 1 is 0.796 bits per heavy atom. The van der Waals surface area contributed by atoms with Crippen molar-refractivity contribution in [3.63, 3.8) is 0 Å². The maximum absolute atomic E-state index is 14.6. The third-order valence-electron chi connectivity index (χ3n) is 20.8. The van der Waals surface area contributed by atoms with Gasteiger partial charge in [-0.2, -0.15) is 13.2 Å². The van der Waals surface area contributed by atoms with Gasteiger partial charge in [0.25, 0.3) is 37.6 Å². The van der Waals surface area contributed by atoms with Crippen molar-refractivity contribution in [1.29, 1.82) is 0 Å². The van der Waals surface area contributed by atoms with E-state index in [1.54, 1.807) is 40.0 Å². The van der Waals surface area contributed by atoms with Crippen molar-refractivity contribution in [2.75, 3.05) is 113 Å². The van der Waals surface area contributed by atoms with Crippen molar-refractivity contribution < 1.29 is 77.0 Å². The average molecular weight is 1490 g/mol. The summed E-state index contributed by atoms with van der Waals surface area (Å²) < 4.78 is 141. The number of anilines is 3. The molecule has 4 aromatic carbocycles. The summed E-state index contributed by atoms with van der Waals surface area (Å²) in [4.78, 5) is 85.6. The molecule has 13 rings (SSSR count). The molecule has 1 aromatic heterocycles. The van der Waals surface area contributed by atoms with Gasteiger partial charge in [0.05, 0.1) is 54.3 Å². The molecule has 554 valence electrons. The molecule has 4 aliphatic carbocycles. The maximum atomic E-state index is 14.6. The third-order valence-corrected chi connectivity index (χ3v) is 24.8. The van der Waals surface area contributed by atoms with Gasteiger partial charge >= 0.3 is 5.51 Å². The number of piperidine rings is 1. The molecule has 4 aliphatic heterocycles. The summed E-state index contributed by atoms with van der Waals surface area (Å²) >= 11 is 1.39. The summed E-state index contributed by atoms with van der Waals surface area (Å²) in [7, 11) is -11.1. The lowest BCUT2D eigenvalue weighted by molar-refractivity contribution is -0.250. The molecule has 24 nitrogen and oxygen atoms in total. The zero-order valence-electron chi connectivity index (χ0n) is 57.4. The van der Waals surface area contributed by atoms with Gasteiger partial charge in [0.15, 0.2) is 0 Å². The summed E-state index contributed by atoms with van der Waals surface area (Å²) in [5, 5.41) is 16.6. The zero-order valence-corrected chi connectivity index (χ0v) is 59.8. The Hall–Kier alpha value is -7.88. The highest BCUT2D eigenvalue weighted by Crippen LogP contribution is 2.79. The summed E-state index contributed by atoms with van der Waals surface area (Å²) in [6.07, 6.45) is 5.22. The number of imide groups is 2. The van der Waals surface area contributed by atoms with Crippen molar-refractivity contribution in [2.45, 2.75) is 136 Å². The second-order valence-electron chi connectivity index (χ2n) is 28.6. The Balaban J connectivity index is 0.579.